The van der Waals surface area contributed by atoms with Crippen molar-refractivity contribution in [2.75, 3.05) is 23.1 Å². The summed E-state index contributed by atoms with van der Waals surface area (Å²) in [5, 5.41) is 2.99. The van der Waals surface area contributed by atoms with Crippen molar-refractivity contribution in [1.82, 2.24) is 4.90 Å². The minimum atomic E-state index is -4.39. The van der Waals surface area contributed by atoms with E-state index in [9.17, 15) is 26.8 Å². The Labute approximate surface area is 220 Å². The monoisotopic (exact) mass is 545 g/mol. The maximum Gasteiger partial charge on any atom is 0.410 e. The zero-order valence-electron chi connectivity index (χ0n) is 21.4. The summed E-state index contributed by atoms with van der Waals surface area (Å²) in [6.07, 6.45) is 4.03. The summed E-state index contributed by atoms with van der Waals surface area (Å²) in [6.45, 7) is 6.05. The van der Waals surface area contributed by atoms with Crippen LogP contribution in [-0.2, 0) is 25.0 Å². The topological polar surface area (TPSA) is 105 Å². The molecule has 1 spiro atoms. The third-order valence-electron chi connectivity index (χ3n) is 7.18. The molecule has 2 amide bonds. The van der Waals surface area contributed by atoms with Crippen molar-refractivity contribution in [3.05, 3.63) is 59.2 Å². The Bertz CT molecular complexity index is 1480. The van der Waals surface area contributed by atoms with Crippen molar-refractivity contribution in [2.45, 2.75) is 62.4 Å². The van der Waals surface area contributed by atoms with Crippen LogP contribution in [-0.4, -0.2) is 44.0 Å². The van der Waals surface area contributed by atoms with E-state index in [1.807, 2.05) is 6.08 Å². The van der Waals surface area contributed by atoms with Gasteiger partial charge in [-0.25, -0.2) is 22.0 Å². The second-order valence-electron chi connectivity index (χ2n) is 10.9. The van der Waals surface area contributed by atoms with Gasteiger partial charge in [-0.05, 0) is 75.4 Å². The van der Waals surface area contributed by atoms with Crippen molar-refractivity contribution in [1.29, 1.82) is 0 Å². The molecule has 0 aromatic heterocycles. The smallest absolute Gasteiger partial charge is 0.410 e. The molecular weight excluding hydrogens is 516 g/mol. The first-order valence-corrected chi connectivity index (χ1v) is 13.9. The second kappa shape index (κ2) is 9.07. The molecule has 0 atom stereocenters. The van der Waals surface area contributed by atoms with Crippen molar-refractivity contribution < 1.29 is 31.5 Å². The van der Waals surface area contributed by atoms with Gasteiger partial charge < -0.3 is 15.0 Å². The third-order valence-corrected chi connectivity index (χ3v) is 8.59. The first-order valence-electron chi connectivity index (χ1n) is 12.4. The molecule has 1 saturated carbocycles. The highest BCUT2D eigenvalue weighted by atomic mass is 32.2. The van der Waals surface area contributed by atoms with Crippen LogP contribution in [0, 0.1) is 11.6 Å². The summed E-state index contributed by atoms with van der Waals surface area (Å²) in [7, 11) is -4.39. The number of benzene rings is 2. The fourth-order valence-corrected chi connectivity index (χ4v) is 6.26. The molecule has 11 heteroatoms. The zero-order chi connectivity index (χ0) is 27.5. The SMILES string of the molecule is CC(C)(C)OC(=O)N1CC=C(c2cc(NS(=O)(=O)c3ccc(F)cc3F)cc3c2NC(=O)C32CCC2)CC1. The number of carbonyl (C=O) groups excluding carboxylic acids is 2. The first-order chi connectivity index (χ1) is 17.8. The van der Waals surface area contributed by atoms with Crippen LogP contribution in [0.3, 0.4) is 0 Å². The number of ether oxygens (including phenoxy) is 1. The highest BCUT2D eigenvalue weighted by Crippen LogP contribution is 2.54. The molecule has 1 fully saturated rings. The Morgan fingerprint density at radius 2 is 1.89 bits per heavy atom. The number of nitrogens with one attached hydrogen (secondary N) is 2. The second-order valence-corrected chi connectivity index (χ2v) is 12.6. The largest absolute Gasteiger partial charge is 0.444 e. The van der Waals surface area contributed by atoms with Crippen LogP contribution in [0.5, 0.6) is 0 Å². The fourth-order valence-electron chi connectivity index (χ4n) is 5.16. The van der Waals surface area contributed by atoms with Gasteiger partial charge in [-0.15, -0.1) is 0 Å². The highest BCUT2D eigenvalue weighted by Gasteiger charge is 2.52. The van der Waals surface area contributed by atoms with Gasteiger partial charge in [0.05, 0.1) is 11.1 Å². The predicted octanol–water partition coefficient (Wildman–Crippen LogP) is 5.16. The molecular formula is C27H29F2N3O5S. The molecule has 202 valence electrons. The van der Waals surface area contributed by atoms with Crippen LogP contribution < -0.4 is 10.0 Å². The Kier molecular flexibility index (Phi) is 6.24. The standard InChI is InChI=1S/C27H29F2N3O5S/c1-26(2,3)37-25(34)32-11-7-16(8-12-32)19-14-18(15-20-23(19)30-24(33)27(20)9-4-10-27)31-38(35,36)22-6-5-17(28)13-21(22)29/h5-7,13-15,31H,4,8-12H2,1-3H3,(H,30,33). The van der Waals surface area contributed by atoms with E-state index in [2.05, 4.69) is 10.0 Å². The average molecular weight is 546 g/mol. The van der Waals surface area contributed by atoms with Crippen molar-refractivity contribution in [2.24, 2.45) is 0 Å². The zero-order valence-corrected chi connectivity index (χ0v) is 22.2. The molecule has 0 unspecified atom stereocenters. The van der Waals surface area contributed by atoms with E-state index in [1.54, 1.807) is 37.8 Å². The van der Waals surface area contributed by atoms with Gasteiger partial charge in [-0.3, -0.25) is 9.52 Å². The summed E-state index contributed by atoms with van der Waals surface area (Å²) >= 11 is 0. The van der Waals surface area contributed by atoms with Crippen molar-refractivity contribution in [3.63, 3.8) is 0 Å². The van der Waals surface area contributed by atoms with E-state index in [-0.39, 0.29) is 18.1 Å². The Hall–Kier alpha value is -3.47. The maximum absolute atomic E-state index is 14.3. The first kappa shape index (κ1) is 26.1. The van der Waals surface area contributed by atoms with Crippen LogP contribution in [0.2, 0.25) is 0 Å². The van der Waals surface area contributed by atoms with Crippen molar-refractivity contribution in [3.8, 4) is 0 Å². The average Bonchev–Trinajstić information content (AvgIpc) is 3.09. The Morgan fingerprint density at radius 3 is 2.47 bits per heavy atom. The molecule has 5 rings (SSSR count). The fraction of sp³-hybridized carbons (Fsp3) is 0.407. The van der Waals surface area contributed by atoms with E-state index >= 15 is 0 Å². The van der Waals surface area contributed by atoms with Gasteiger partial charge in [-0.1, -0.05) is 12.5 Å². The number of anilines is 2. The number of halogens is 2. The van der Waals surface area contributed by atoms with Gasteiger partial charge in [0.15, 0.2) is 0 Å². The molecule has 2 aliphatic heterocycles. The molecule has 2 aromatic rings. The summed E-state index contributed by atoms with van der Waals surface area (Å²) in [6, 6.07) is 5.48. The number of carbonyl (C=O) groups is 2. The van der Waals surface area contributed by atoms with Gasteiger partial charge in [0.1, 0.15) is 22.1 Å². The maximum atomic E-state index is 14.3. The normalized spacial score (nSPS) is 18.4. The van der Waals surface area contributed by atoms with Crippen LogP contribution in [0.4, 0.5) is 25.0 Å². The molecule has 3 aliphatic rings. The van der Waals surface area contributed by atoms with E-state index in [1.165, 1.54) is 0 Å². The number of nitrogens with zero attached hydrogens (tertiary/aromatic N) is 1. The van der Waals surface area contributed by atoms with Gasteiger partial charge in [-0.2, -0.15) is 0 Å². The van der Waals surface area contributed by atoms with Gasteiger partial charge in [0.25, 0.3) is 10.0 Å². The lowest BCUT2D eigenvalue weighted by atomic mass is 9.65. The number of hydrogen-bond donors (Lipinski definition) is 2. The van der Waals surface area contributed by atoms with Crippen LogP contribution in [0.25, 0.3) is 5.57 Å². The highest BCUT2D eigenvalue weighted by molar-refractivity contribution is 7.92. The van der Waals surface area contributed by atoms with Crippen LogP contribution >= 0.6 is 0 Å². The quantitative estimate of drug-likeness (QED) is 0.552. The minimum absolute atomic E-state index is 0.128. The summed E-state index contributed by atoms with van der Waals surface area (Å²) < 4.78 is 61.6. The Morgan fingerprint density at radius 1 is 1.16 bits per heavy atom. The number of rotatable bonds is 4. The van der Waals surface area contributed by atoms with Crippen LogP contribution in [0.15, 0.2) is 41.3 Å². The predicted molar refractivity (Wildman–Crippen MR) is 138 cm³/mol. The van der Waals surface area contributed by atoms with Gasteiger partial charge >= 0.3 is 6.09 Å². The summed E-state index contributed by atoms with van der Waals surface area (Å²) in [5.41, 5.74) is 1.61. The number of sulfonamides is 1. The molecule has 0 saturated heterocycles. The van der Waals surface area contributed by atoms with E-state index in [0.717, 1.165) is 24.1 Å². The molecule has 2 aromatic carbocycles. The van der Waals surface area contributed by atoms with Gasteiger partial charge in [0, 0.05) is 30.4 Å². The number of fused-ring (bicyclic) bond motifs is 2. The van der Waals surface area contributed by atoms with Crippen LogP contribution in [0.1, 0.15) is 57.6 Å². The lowest BCUT2D eigenvalue weighted by molar-refractivity contribution is -0.123. The molecule has 0 bridgehead atoms. The molecule has 0 radical (unpaired) electrons. The number of hydrogen-bond acceptors (Lipinski definition) is 5. The summed E-state index contributed by atoms with van der Waals surface area (Å²) in [5.74, 6) is -2.22. The lowest BCUT2D eigenvalue weighted by Crippen LogP contribution is -2.40. The molecule has 2 heterocycles. The lowest BCUT2D eigenvalue weighted by Gasteiger charge is -2.36. The van der Waals surface area contributed by atoms with E-state index < -0.39 is 43.7 Å². The minimum Gasteiger partial charge on any atom is -0.444 e. The van der Waals surface area contributed by atoms with E-state index in [0.29, 0.717) is 48.7 Å². The van der Waals surface area contributed by atoms with Gasteiger partial charge in [0.2, 0.25) is 5.91 Å². The molecule has 2 N–H and O–H groups in total. The Balaban J connectivity index is 1.51. The van der Waals surface area contributed by atoms with Crippen molar-refractivity contribution >= 4 is 39.0 Å². The summed E-state index contributed by atoms with van der Waals surface area (Å²) in [4.78, 5) is 26.4. The van der Waals surface area contributed by atoms with E-state index in [4.69, 9.17) is 4.74 Å². The third kappa shape index (κ3) is 4.63. The molecule has 8 nitrogen and oxygen atoms in total. The molecule has 38 heavy (non-hydrogen) atoms. The molecule has 1 aliphatic carbocycles. The number of amides is 2.